The summed E-state index contributed by atoms with van der Waals surface area (Å²) in [6, 6.07) is 7.57. The molecule has 2 N–H and O–H groups in total. The molecule has 0 bridgehead atoms. The van der Waals surface area contributed by atoms with E-state index in [1.807, 2.05) is 0 Å². The molecule has 3 aromatic rings. The lowest BCUT2D eigenvalue weighted by molar-refractivity contribution is -0.266. The topological polar surface area (TPSA) is 45.2 Å². The zero-order valence-corrected chi connectivity index (χ0v) is 17.6. The van der Waals surface area contributed by atoms with Crippen LogP contribution in [0.4, 0.5) is 22.0 Å². The van der Waals surface area contributed by atoms with Crippen molar-refractivity contribution in [3.05, 3.63) is 64.9 Å². The third kappa shape index (κ3) is 4.54. The van der Waals surface area contributed by atoms with Crippen molar-refractivity contribution in [1.82, 2.24) is 4.98 Å². The third-order valence-corrected chi connectivity index (χ3v) is 5.60. The number of halogens is 5. The van der Waals surface area contributed by atoms with Crippen LogP contribution in [0, 0.1) is 18.6 Å². The molecule has 0 spiro atoms. The Bertz CT molecular complexity index is 1100. The summed E-state index contributed by atoms with van der Waals surface area (Å²) >= 11 is 0. The van der Waals surface area contributed by atoms with Gasteiger partial charge in [-0.15, -0.1) is 0 Å². The van der Waals surface area contributed by atoms with Crippen molar-refractivity contribution in [2.75, 3.05) is 7.11 Å². The van der Waals surface area contributed by atoms with Crippen LogP contribution in [0.25, 0.3) is 10.9 Å². The molecule has 3 nitrogen and oxygen atoms in total. The molecule has 0 aliphatic carbocycles. The summed E-state index contributed by atoms with van der Waals surface area (Å²) in [6.07, 6.45) is -6.48. The van der Waals surface area contributed by atoms with Gasteiger partial charge >= 0.3 is 6.18 Å². The summed E-state index contributed by atoms with van der Waals surface area (Å²) in [5.41, 5.74) is -3.16. The number of aliphatic hydroxyl groups is 1. The van der Waals surface area contributed by atoms with Crippen LogP contribution in [0.3, 0.4) is 0 Å². The second-order valence-corrected chi connectivity index (χ2v) is 8.59. The minimum absolute atomic E-state index is 0.116. The van der Waals surface area contributed by atoms with Crippen molar-refractivity contribution < 1.29 is 31.8 Å². The largest absolute Gasteiger partial charge is 0.496 e. The average molecular weight is 441 g/mol. The number of alkyl halides is 3. The quantitative estimate of drug-likeness (QED) is 0.463. The van der Waals surface area contributed by atoms with Crippen molar-refractivity contribution >= 4 is 10.9 Å². The van der Waals surface area contributed by atoms with Crippen LogP contribution in [-0.4, -0.2) is 29.0 Å². The Hall–Kier alpha value is -2.61. The van der Waals surface area contributed by atoms with Gasteiger partial charge in [0.1, 0.15) is 17.4 Å². The number of hydrogen-bond acceptors (Lipinski definition) is 2. The summed E-state index contributed by atoms with van der Waals surface area (Å²) in [7, 11) is 1.34. The number of ether oxygens (including phenoxy) is 1. The number of H-pyrrole nitrogens is 1. The Morgan fingerprint density at radius 3 is 2.29 bits per heavy atom. The lowest BCUT2D eigenvalue weighted by Gasteiger charge is -2.38. The van der Waals surface area contributed by atoms with Gasteiger partial charge in [0.15, 0.2) is 5.60 Å². The maximum absolute atomic E-state index is 14.1. The lowest BCUT2D eigenvalue weighted by Crippen LogP contribution is -2.51. The highest BCUT2D eigenvalue weighted by atomic mass is 19.4. The van der Waals surface area contributed by atoms with Gasteiger partial charge in [-0.1, -0.05) is 13.8 Å². The second kappa shape index (κ2) is 7.82. The molecule has 0 saturated heterocycles. The smallest absolute Gasteiger partial charge is 0.417 e. The van der Waals surface area contributed by atoms with Crippen molar-refractivity contribution in [3.8, 4) is 5.75 Å². The molecule has 8 heteroatoms. The van der Waals surface area contributed by atoms with Crippen LogP contribution >= 0.6 is 0 Å². The summed E-state index contributed by atoms with van der Waals surface area (Å²) in [6.45, 7) is 4.63. The summed E-state index contributed by atoms with van der Waals surface area (Å²) < 4.78 is 74.9. The number of aromatic amines is 1. The Morgan fingerprint density at radius 2 is 1.68 bits per heavy atom. The van der Waals surface area contributed by atoms with Crippen LogP contribution in [-0.2, 0) is 11.8 Å². The summed E-state index contributed by atoms with van der Waals surface area (Å²) in [5, 5.41) is 11.4. The first kappa shape index (κ1) is 23.1. The molecule has 0 aliphatic rings. The molecule has 0 aliphatic heterocycles. The molecule has 0 saturated carbocycles. The van der Waals surface area contributed by atoms with Crippen molar-refractivity contribution in [2.24, 2.45) is 0 Å². The van der Waals surface area contributed by atoms with E-state index in [9.17, 15) is 27.1 Å². The molecule has 0 radical (unpaired) electrons. The maximum Gasteiger partial charge on any atom is 0.417 e. The van der Waals surface area contributed by atoms with Crippen molar-refractivity contribution in [2.45, 2.75) is 50.8 Å². The molecular weight excluding hydrogens is 417 g/mol. The fourth-order valence-corrected chi connectivity index (χ4v) is 4.14. The predicted molar refractivity (Wildman–Crippen MR) is 108 cm³/mol. The second-order valence-electron chi connectivity index (χ2n) is 8.59. The number of rotatable bonds is 6. The van der Waals surface area contributed by atoms with Gasteiger partial charge in [-0.3, -0.25) is 0 Å². The van der Waals surface area contributed by atoms with Gasteiger partial charge in [0.25, 0.3) is 0 Å². The van der Waals surface area contributed by atoms with Crippen LogP contribution in [0.2, 0.25) is 0 Å². The Balaban J connectivity index is 2.02. The number of methoxy groups -OCH3 is 1. The van der Waals surface area contributed by atoms with E-state index < -0.39 is 41.7 Å². The number of aromatic nitrogens is 1. The maximum atomic E-state index is 14.1. The molecule has 1 aromatic heterocycles. The van der Waals surface area contributed by atoms with Gasteiger partial charge in [0.05, 0.1) is 7.11 Å². The van der Waals surface area contributed by atoms with Gasteiger partial charge in [0, 0.05) is 28.6 Å². The van der Waals surface area contributed by atoms with Crippen LogP contribution < -0.4 is 4.74 Å². The fourth-order valence-electron chi connectivity index (χ4n) is 4.14. The first-order chi connectivity index (χ1) is 14.3. The van der Waals surface area contributed by atoms with Crippen molar-refractivity contribution in [1.29, 1.82) is 0 Å². The zero-order chi connectivity index (χ0) is 23.2. The highest BCUT2D eigenvalue weighted by molar-refractivity contribution is 5.83. The minimum Gasteiger partial charge on any atom is -0.496 e. The first-order valence-corrected chi connectivity index (χ1v) is 9.67. The number of hydrogen-bond donors (Lipinski definition) is 2. The normalized spacial score (nSPS) is 14.6. The SMILES string of the molecule is COc1ccc(F)cc1C(C)(C)CC(O)(Cc1cc2c(C)cc(F)cc2[nH]1)C(F)(F)F. The van der Waals surface area contributed by atoms with Gasteiger partial charge < -0.3 is 14.8 Å². The Morgan fingerprint density at radius 1 is 1.00 bits per heavy atom. The van der Waals surface area contributed by atoms with E-state index in [0.717, 1.165) is 12.1 Å². The Kier molecular flexibility index (Phi) is 5.82. The van der Waals surface area contributed by atoms with E-state index >= 15 is 0 Å². The number of fused-ring (bicyclic) bond motifs is 1. The van der Waals surface area contributed by atoms with E-state index in [-0.39, 0.29) is 17.0 Å². The van der Waals surface area contributed by atoms with E-state index in [0.29, 0.717) is 16.5 Å². The third-order valence-electron chi connectivity index (χ3n) is 5.60. The molecule has 168 valence electrons. The predicted octanol–water partition coefficient (Wildman–Crippen LogP) is 5.97. The zero-order valence-electron chi connectivity index (χ0n) is 17.6. The molecule has 31 heavy (non-hydrogen) atoms. The van der Waals surface area contributed by atoms with E-state index in [4.69, 9.17) is 4.74 Å². The number of aryl methyl sites for hydroxylation is 1. The standard InChI is InChI=1S/C23H24F5NO2/c1-13-7-15(25)9-19-17(13)10-16(29-19)11-22(30,23(26,27)28)12-21(2,3)18-8-14(24)5-6-20(18)31-4/h5-10,29-30H,11-12H2,1-4H3. The highest BCUT2D eigenvalue weighted by Crippen LogP contribution is 2.45. The van der Waals surface area contributed by atoms with E-state index in [1.54, 1.807) is 6.92 Å². The van der Waals surface area contributed by atoms with Crippen LogP contribution in [0.1, 0.15) is 37.1 Å². The van der Waals surface area contributed by atoms with Crippen molar-refractivity contribution in [3.63, 3.8) is 0 Å². The van der Waals surface area contributed by atoms with Gasteiger partial charge in [0.2, 0.25) is 0 Å². The van der Waals surface area contributed by atoms with Gasteiger partial charge in [-0.05, 0) is 60.7 Å². The average Bonchev–Trinajstić information content (AvgIpc) is 3.02. The monoisotopic (exact) mass is 441 g/mol. The molecule has 3 rings (SSSR count). The first-order valence-electron chi connectivity index (χ1n) is 9.67. The van der Waals surface area contributed by atoms with Crippen LogP contribution in [0.15, 0.2) is 36.4 Å². The summed E-state index contributed by atoms with van der Waals surface area (Å²) in [5.74, 6) is -0.899. The molecule has 1 atom stereocenters. The Labute approximate surface area is 176 Å². The molecule has 0 amide bonds. The number of benzene rings is 2. The van der Waals surface area contributed by atoms with Crippen LogP contribution in [0.5, 0.6) is 5.75 Å². The minimum atomic E-state index is -4.97. The van der Waals surface area contributed by atoms with E-state index in [2.05, 4.69) is 4.98 Å². The molecular formula is C23H24F5NO2. The molecule has 1 unspecified atom stereocenters. The molecule has 1 heterocycles. The molecule has 0 fully saturated rings. The highest BCUT2D eigenvalue weighted by Gasteiger charge is 2.56. The fraction of sp³-hybridized carbons (Fsp3) is 0.391. The lowest BCUT2D eigenvalue weighted by atomic mass is 9.73. The molecule has 2 aromatic carbocycles. The van der Waals surface area contributed by atoms with Gasteiger partial charge in [-0.25, -0.2) is 8.78 Å². The van der Waals surface area contributed by atoms with Gasteiger partial charge in [-0.2, -0.15) is 13.2 Å². The summed E-state index contributed by atoms with van der Waals surface area (Å²) in [4.78, 5) is 2.78. The number of nitrogens with one attached hydrogen (secondary N) is 1. The van der Waals surface area contributed by atoms with E-state index in [1.165, 1.54) is 45.2 Å².